The van der Waals surface area contributed by atoms with Gasteiger partial charge in [-0.1, -0.05) is 6.42 Å². The van der Waals surface area contributed by atoms with Crippen molar-refractivity contribution in [3.63, 3.8) is 0 Å². The number of rotatable bonds is 2. The number of piperidine rings is 2. The summed E-state index contributed by atoms with van der Waals surface area (Å²) < 4.78 is 6.97. The molecule has 2 aliphatic heterocycles. The van der Waals surface area contributed by atoms with E-state index in [4.69, 9.17) is 4.74 Å². The molecule has 1 aromatic rings. The summed E-state index contributed by atoms with van der Waals surface area (Å²) in [7, 11) is 0. The molecule has 0 aliphatic carbocycles. The molecule has 2 fully saturated rings. The minimum absolute atomic E-state index is 0.334. The van der Waals surface area contributed by atoms with Crippen LogP contribution >= 0.6 is 15.9 Å². The van der Waals surface area contributed by atoms with E-state index >= 15 is 0 Å². The highest BCUT2D eigenvalue weighted by Crippen LogP contribution is 2.28. The van der Waals surface area contributed by atoms with Crippen LogP contribution in [0.5, 0.6) is 5.88 Å². The van der Waals surface area contributed by atoms with Gasteiger partial charge in [-0.25, -0.2) is 4.98 Å². The minimum Gasteiger partial charge on any atom is -0.474 e. The number of halogens is 1. The molecule has 4 heteroatoms. The Morgan fingerprint density at radius 1 is 1.24 bits per heavy atom. The first kappa shape index (κ1) is 11.5. The monoisotopic (exact) mass is 296 g/mol. The third-order valence-electron chi connectivity index (χ3n) is 3.66. The molecule has 1 unspecified atom stereocenters. The van der Waals surface area contributed by atoms with E-state index in [1.54, 1.807) is 6.20 Å². The standard InChI is InChI=1S/C13H17BrN2O/c14-9-4-5-13(15-8-9)17-12-6-10-2-1-3-11(7-12)16-10/h4-5,8,10-12,16H,1-3,6-7H2/t10-,11+,12?. The first-order valence-electron chi connectivity index (χ1n) is 6.34. The number of hydrogen-bond acceptors (Lipinski definition) is 3. The molecule has 1 aromatic heterocycles. The van der Waals surface area contributed by atoms with E-state index in [9.17, 15) is 0 Å². The SMILES string of the molecule is Brc1ccc(OC2C[C@H]3CCC[C@@H](C2)N3)nc1. The van der Waals surface area contributed by atoms with E-state index in [1.807, 2.05) is 12.1 Å². The van der Waals surface area contributed by atoms with Gasteiger partial charge in [-0.05, 0) is 47.7 Å². The second kappa shape index (κ2) is 4.94. The minimum atomic E-state index is 0.334. The van der Waals surface area contributed by atoms with E-state index in [0.717, 1.165) is 23.2 Å². The maximum atomic E-state index is 5.97. The Bertz CT molecular complexity index is 370. The zero-order valence-electron chi connectivity index (χ0n) is 9.73. The first-order valence-corrected chi connectivity index (χ1v) is 7.13. The highest BCUT2D eigenvalue weighted by atomic mass is 79.9. The molecule has 2 bridgehead atoms. The average Bonchev–Trinajstić information content (AvgIpc) is 2.32. The lowest BCUT2D eigenvalue weighted by Crippen LogP contribution is -2.51. The zero-order valence-corrected chi connectivity index (χ0v) is 11.3. The van der Waals surface area contributed by atoms with Gasteiger partial charge in [0.2, 0.25) is 5.88 Å². The third-order valence-corrected chi connectivity index (χ3v) is 4.13. The number of fused-ring (bicyclic) bond motifs is 2. The van der Waals surface area contributed by atoms with Crippen molar-refractivity contribution in [2.45, 2.75) is 50.3 Å². The number of nitrogens with one attached hydrogen (secondary N) is 1. The van der Waals surface area contributed by atoms with Gasteiger partial charge < -0.3 is 10.1 Å². The van der Waals surface area contributed by atoms with Gasteiger partial charge in [-0.15, -0.1) is 0 Å². The molecule has 0 amide bonds. The fourth-order valence-electron chi connectivity index (χ4n) is 2.91. The Hall–Kier alpha value is -0.610. The summed E-state index contributed by atoms with van der Waals surface area (Å²) in [6.45, 7) is 0. The molecule has 92 valence electrons. The fourth-order valence-corrected chi connectivity index (χ4v) is 3.15. The second-order valence-corrected chi connectivity index (χ2v) is 5.93. The van der Waals surface area contributed by atoms with E-state index in [2.05, 4.69) is 26.2 Å². The van der Waals surface area contributed by atoms with E-state index in [1.165, 1.54) is 19.3 Å². The van der Waals surface area contributed by atoms with Gasteiger partial charge >= 0.3 is 0 Å². The Kier molecular flexibility index (Phi) is 3.34. The van der Waals surface area contributed by atoms with Crippen LogP contribution in [-0.2, 0) is 0 Å². The third kappa shape index (κ3) is 2.80. The van der Waals surface area contributed by atoms with E-state index < -0.39 is 0 Å². The largest absolute Gasteiger partial charge is 0.474 e. The molecule has 0 aromatic carbocycles. The van der Waals surface area contributed by atoms with Crippen LogP contribution in [0.1, 0.15) is 32.1 Å². The highest BCUT2D eigenvalue weighted by molar-refractivity contribution is 9.10. The number of hydrogen-bond donors (Lipinski definition) is 1. The molecule has 3 atom stereocenters. The predicted octanol–water partition coefficient (Wildman–Crippen LogP) is 2.90. The molecule has 3 nitrogen and oxygen atoms in total. The maximum Gasteiger partial charge on any atom is 0.213 e. The summed E-state index contributed by atoms with van der Waals surface area (Å²) in [5.74, 6) is 0.748. The number of nitrogens with zero attached hydrogens (tertiary/aromatic N) is 1. The molecule has 0 spiro atoms. The van der Waals surface area contributed by atoms with Crippen molar-refractivity contribution in [3.05, 3.63) is 22.8 Å². The lowest BCUT2D eigenvalue weighted by atomic mass is 9.85. The van der Waals surface area contributed by atoms with Crippen LogP contribution < -0.4 is 10.1 Å². The normalized spacial score (nSPS) is 32.2. The lowest BCUT2D eigenvalue weighted by molar-refractivity contribution is 0.0889. The Labute approximate surface area is 110 Å². The zero-order chi connectivity index (χ0) is 11.7. The molecule has 2 aliphatic rings. The number of pyridine rings is 1. The summed E-state index contributed by atoms with van der Waals surface area (Å²) in [6, 6.07) is 5.22. The van der Waals surface area contributed by atoms with Crippen LogP contribution in [0.25, 0.3) is 0 Å². The Morgan fingerprint density at radius 3 is 2.65 bits per heavy atom. The van der Waals surface area contributed by atoms with Gasteiger partial charge in [0.15, 0.2) is 0 Å². The van der Waals surface area contributed by atoms with E-state index in [-0.39, 0.29) is 0 Å². The van der Waals surface area contributed by atoms with Crippen molar-refractivity contribution in [1.82, 2.24) is 10.3 Å². The van der Waals surface area contributed by atoms with Crippen LogP contribution in [-0.4, -0.2) is 23.2 Å². The van der Waals surface area contributed by atoms with Gasteiger partial charge in [-0.3, -0.25) is 0 Å². The smallest absolute Gasteiger partial charge is 0.213 e. The average molecular weight is 297 g/mol. The topological polar surface area (TPSA) is 34.1 Å². The summed E-state index contributed by atoms with van der Waals surface area (Å²) in [4.78, 5) is 4.28. The van der Waals surface area contributed by atoms with Crippen molar-refractivity contribution in [1.29, 1.82) is 0 Å². The quantitative estimate of drug-likeness (QED) is 0.911. The van der Waals surface area contributed by atoms with E-state index in [0.29, 0.717) is 18.2 Å². The molecule has 3 heterocycles. The maximum absolute atomic E-state index is 5.97. The molecular weight excluding hydrogens is 280 g/mol. The van der Waals surface area contributed by atoms with Gasteiger partial charge in [0.05, 0.1) is 0 Å². The van der Waals surface area contributed by atoms with Crippen molar-refractivity contribution >= 4 is 15.9 Å². The molecule has 17 heavy (non-hydrogen) atoms. The Morgan fingerprint density at radius 2 is 2.00 bits per heavy atom. The summed E-state index contributed by atoms with van der Waals surface area (Å²) >= 11 is 3.38. The second-order valence-electron chi connectivity index (χ2n) is 5.02. The Balaban J connectivity index is 1.63. The molecule has 2 saturated heterocycles. The van der Waals surface area contributed by atoms with Crippen molar-refractivity contribution in [2.75, 3.05) is 0 Å². The summed E-state index contributed by atoms with van der Waals surface area (Å²) in [5.41, 5.74) is 0. The van der Waals surface area contributed by atoms with Crippen LogP contribution in [0, 0.1) is 0 Å². The molecule has 3 rings (SSSR count). The van der Waals surface area contributed by atoms with Gasteiger partial charge in [0, 0.05) is 28.8 Å². The molecule has 0 saturated carbocycles. The van der Waals surface area contributed by atoms with Crippen molar-refractivity contribution < 1.29 is 4.74 Å². The van der Waals surface area contributed by atoms with Crippen molar-refractivity contribution in [2.24, 2.45) is 0 Å². The summed E-state index contributed by atoms with van der Waals surface area (Å²) in [5, 5.41) is 3.67. The van der Waals surface area contributed by atoms with Gasteiger partial charge in [0.1, 0.15) is 6.10 Å². The first-order chi connectivity index (χ1) is 8.29. The summed E-state index contributed by atoms with van der Waals surface area (Å²) in [6.07, 6.45) is 8.32. The van der Waals surface area contributed by atoms with Crippen LogP contribution in [0.3, 0.4) is 0 Å². The molecular formula is C13H17BrN2O. The van der Waals surface area contributed by atoms with Crippen LogP contribution in [0.2, 0.25) is 0 Å². The highest BCUT2D eigenvalue weighted by Gasteiger charge is 2.32. The lowest BCUT2D eigenvalue weighted by Gasteiger charge is -2.39. The fraction of sp³-hybridized carbons (Fsp3) is 0.615. The number of aromatic nitrogens is 1. The van der Waals surface area contributed by atoms with Gasteiger partial charge in [0.25, 0.3) is 0 Å². The molecule has 0 radical (unpaired) electrons. The van der Waals surface area contributed by atoms with Crippen LogP contribution in [0.4, 0.5) is 0 Å². The predicted molar refractivity (Wildman–Crippen MR) is 70.1 cm³/mol. The van der Waals surface area contributed by atoms with Crippen molar-refractivity contribution in [3.8, 4) is 5.88 Å². The molecule has 1 N–H and O–H groups in total. The van der Waals surface area contributed by atoms with Gasteiger partial charge in [-0.2, -0.15) is 0 Å². The number of ether oxygens (including phenoxy) is 1. The van der Waals surface area contributed by atoms with Crippen LogP contribution in [0.15, 0.2) is 22.8 Å².